The molecule has 0 amide bonds. The van der Waals surface area contributed by atoms with E-state index in [1.165, 1.54) is 11.3 Å². The molecular formula is C32H21Br2ClN2O4S. The largest absolute Gasteiger partial charge is 0.463 e. The third kappa shape index (κ3) is 5.49. The predicted molar refractivity (Wildman–Crippen MR) is 172 cm³/mol. The van der Waals surface area contributed by atoms with E-state index < -0.39 is 12.0 Å². The van der Waals surface area contributed by atoms with Gasteiger partial charge in [-0.3, -0.25) is 9.36 Å². The highest BCUT2D eigenvalue weighted by Gasteiger charge is 2.35. The van der Waals surface area contributed by atoms with Crippen molar-refractivity contribution in [2.24, 2.45) is 4.99 Å². The minimum Gasteiger partial charge on any atom is -0.463 e. The van der Waals surface area contributed by atoms with E-state index in [4.69, 9.17) is 25.7 Å². The van der Waals surface area contributed by atoms with E-state index in [1.807, 2.05) is 72.8 Å². The first kappa shape index (κ1) is 28.6. The minimum absolute atomic E-state index is 0.178. The van der Waals surface area contributed by atoms with Gasteiger partial charge in [0, 0.05) is 31.2 Å². The maximum absolute atomic E-state index is 14.0. The smallest absolute Gasteiger partial charge is 0.338 e. The van der Waals surface area contributed by atoms with Crippen LogP contribution in [0.2, 0.25) is 5.02 Å². The Balaban J connectivity index is 1.56. The first-order valence-electron chi connectivity index (χ1n) is 12.9. The van der Waals surface area contributed by atoms with Gasteiger partial charge >= 0.3 is 5.97 Å². The molecule has 2 aromatic heterocycles. The molecule has 10 heteroatoms. The number of hydrogen-bond acceptors (Lipinski definition) is 6. The van der Waals surface area contributed by atoms with Crippen molar-refractivity contribution in [2.45, 2.75) is 13.0 Å². The number of carbonyl (C=O) groups excluding carboxylic acids is 1. The average molecular weight is 725 g/mol. The molecule has 1 aliphatic heterocycles. The first-order valence-corrected chi connectivity index (χ1v) is 15.7. The van der Waals surface area contributed by atoms with E-state index in [2.05, 4.69) is 31.9 Å². The van der Waals surface area contributed by atoms with E-state index in [0.29, 0.717) is 37.1 Å². The molecule has 0 spiro atoms. The van der Waals surface area contributed by atoms with Gasteiger partial charge in [0.25, 0.3) is 5.56 Å². The molecule has 6 nitrogen and oxygen atoms in total. The van der Waals surface area contributed by atoms with Crippen molar-refractivity contribution in [2.75, 3.05) is 6.61 Å². The van der Waals surface area contributed by atoms with Crippen molar-refractivity contribution < 1.29 is 13.9 Å². The summed E-state index contributed by atoms with van der Waals surface area (Å²) in [7, 11) is 0. The van der Waals surface area contributed by atoms with E-state index in [9.17, 15) is 9.59 Å². The summed E-state index contributed by atoms with van der Waals surface area (Å²) < 4.78 is 15.4. The number of ether oxygens (including phenoxy) is 1. The molecule has 3 heterocycles. The molecule has 5 aromatic rings. The van der Waals surface area contributed by atoms with Gasteiger partial charge in [-0.25, -0.2) is 9.79 Å². The molecule has 210 valence electrons. The predicted octanol–water partition coefficient (Wildman–Crippen LogP) is 7.37. The molecule has 0 unspecified atom stereocenters. The zero-order valence-electron chi connectivity index (χ0n) is 22.0. The zero-order chi connectivity index (χ0) is 29.4. The number of carbonyl (C=O) groups is 1. The summed E-state index contributed by atoms with van der Waals surface area (Å²) in [4.78, 5) is 32.9. The fraction of sp³-hybridized carbons (Fsp3) is 0.0938. The Morgan fingerprint density at radius 2 is 1.83 bits per heavy atom. The van der Waals surface area contributed by atoms with Gasteiger partial charge in [0.15, 0.2) is 4.80 Å². The van der Waals surface area contributed by atoms with Crippen LogP contribution < -0.4 is 14.9 Å². The third-order valence-corrected chi connectivity index (χ3v) is 9.07. The fourth-order valence-electron chi connectivity index (χ4n) is 4.79. The van der Waals surface area contributed by atoms with Crippen LogP contribution in [0, 0.1) is 0 Å². The molecular weight excluding hydrogens is 704 g/mol. The molecule has 0 N–H and O–H groups in total. The van der Waals surface area contributed by atoms with Gasteiger partial charge in [-0.05, 0) is 55.0 Å². The molecule has 1 aliphatic rings. The van der Waals surface area contributed by atoms with Crippen LogP contribution in [0.1, 0.15) is 29.9 Å². The number of fused-ring (bicyclic) bond motifs is 1. The summed E-state index contributed by atoms with van der Waals surface area (Å²) in [5.74, 6) is 0.625. The Morgan fingerprint density at radius 1 is 1.07 bits per heavy atom. The number of hydrogen-bond donors (Lipinski definition) is 0. The van der Waals surface area contributed by atoms with E-state index >= 15 is 0 Å². The Bertz CT molecular complexity index is 2030. The normalized spacial score (nSPS) is 15.0. The molecule has 1 atom stereocenters. The van der Waals surface area contributed by atoms with Gasteiger partial charge in [-0.1, -0.05) is 97.3 Å². The quantitative estimate of drug-likeness (QED) is 0.172. The Morgan fingerprint density at radius 3 is 2.57 bits per heavy atom. The lowest BCUT2D eigenvalue weighted by molar-refractivity contribution is -0.138. The van der Waals surface area contributed by atoms with Crippen molar-refractivity contribution >= 4 is 72.5 Å². The summed E-state index contributed by atoms with van der Waals surface area (Å²) in [6, 6.07) is 25.2. The van der Waals surface area contributed by atoms with Gasteiger partial charge in [-0.15, -0.1) is 0 Å². The van der Waals surface area contributed by atoms with Crippen LogP contribution in [-0.2, 0) is 9.53 Å². The van der Waals surface area contributed by atoms with Crippen LogP contribution in [-0.4, -0.2) is 17.1 Å². The number of aromatic nitrogens is 1. The molecule has 0 saturated carbocycles. The summed E-state index contributed by atoms with van der Waals surface area (Å²) >= 11 is 14.5. The van der Waals surface area contributed by atoms with E-state index in [0.717, 1.165) is 20.1 Å². The second kappa shape index (κ2) is 12.0. The standard InChI is InChI=1S/C32H21Br2ClN2O4S/c1-2-40-31(39)27-28(18-6-4-3-5-7-18)36-32-37(29(27)19-8-11-21(35)12-9-19)30(38)26(42-32)17-22-13-15-25(41-22)23-16-20(33)10-14-24(23)34/h3-17,29H,2H2,1H3/b26-17+/t29-/m1/s1. The first-order chi connectivity index (χ1) is 20.3. The zero-order valence-corrected chi connectivity index (χ0v) is 26.8. The second-order valence-electron chi connectivity index (χ2n) is 9.31. The highest BCUT2D eigenvalue weighted by Crippen LogP contribution is 2.36. The number of halogens is 3. The van der Waals surface area contributed by atoms with Gasteiger partial charge in [-0.2, -0.15) is 0 Å². The van der Waals surface area contributed by atoms with Crippen LogP contribution in [0.15, 0.2) is 114 Å². The Labute approximate surface area is 266 Å². The van der Waals surface area contributed by atoms with Crippen molar-refractivity contribution in [3.8, 4) is 11.3 Å². The maximum Gasteiger partial charge on any atom is 0.338 e. The van der Waals surface area contributed by atoms with Crippen molar-refractivity contribution in [3.05, 3.63) is 141 Å². The lowest BCUT2D eigenvalue weighted by atomic mass is 9.93. The highest BCUT2D eigenvalue weighted by atomic mass is 79.9. The van der Waals surface area contributed by atoms with Crippen molar-refractivity contribution in [1.29, 1.82) is 0 Å². The molecule has 0 saturated heterocycles. The van der Waals surface area contributed by atoms with Crippen molar-refractivity contribution in [3.63, 3.8) is 0 Å². The van der Waals surface area contributed by atoms with Gasteiger partial charge in [0.05, 0.1) is 28.5 Å². The summed E-state index contributed by atoms with van der Waals surface area (Å²) in [6.45, 7) is 1.93. The molecule has 42 heavy (non-hydrogen) atoms. The maximum atomic E-state index is 14.0. The van der Waals surface area contributed by atoms with Gasteiger partial charge in [0.1, 0.15) is 11.5 Å². The minimum atomic E-state index is -0.778. The molecule has 0 bridgehead atoms. The van der Waals surface area contributed by atoms with E-state index in [-0.39, 0.29) is 17.7 Å². The van der Waals surface area contributed by atoms with Gasteiger partial charge in [0.2, 0.25) is 0 Å². The number of rotatable bonds is 6. The topological polar surface area (TPSA) is 73.8 Å². The van der Waals surface area contributed by atoms with Crippen LogP contribution in [0.25, 0.3) is 23.1 Å². The number of furan rings is 1. The molecule has 6 rings (SSSR count). The number of benzene rings is 3. The number of thiazole rings is 1. The lowest BCUT2D eigenvalue weighted by Crippen LogP contribution is -2.39. The summed E-state index contributed by atoms with van der Waals surface area (Å²) in [6.07, 6.45) is 1.70. The molecule has 0 fully saturated rings. The second-order valence-corrected chi connectivity index (χ2v) is 12.5. The molecule has 3 aromatic carbocycles. The van der Waals surface area contributed by atoms with Crippen LogP contribution in [0.3, 0.4) is 0 Å². The number of esters is 1. The van der Waals surface area contributed by atoms with E-state index in [1.54, 1.807) is 29.7 Å². The van der Waals surface area contributed by atoms with Crippen LogP contribution in [0.4, 0.5) is 0 Å². The molecule has 0 radical (unpaired) electrons. The summed E-state index contributed by atoms with van der Waals surface area (Å²) in [5.41, 5.74) is 2.77. The average Bonchev–Trinajstić information content (AvgIpc) is 3.58. The Kier molecular flexibility index (Phi) is 8.18. The van der Waals surface area contributed by atoms with Crippen molar-refractivity contribution in [1.82, 2.24) is 4.57 Å². The Hall–Kier alpha value is -3.50. The third-order valence-electron chi connectivity index (χ3n) is 6.65. The molecule has 0 aliphatic carbocycles. The van der Waals surface area contributed by atoms with Crippen LogP contribution in [0.5, 0.6) is 0 Å². The van der Waals surface area contributed by atoms with Gasteiger partial charge < -0.3 is 9.15 Å². The number of nitrogens with zero attached hydrogens (tertiary/aromatic N) is 2. The lowest BCUT2D eigenvalue weighted by Gasteiger charge is -2.25. The summed E-state index contributed by atoms with van der Waals surface area (Å²) in [5, 5.41) is 0.543. The SMILES string of the molecule is CCOC(=O)C1=C(c2ccccc2)N=c2s/c(=C/c3ccc(-c4cc(Br)ccc4Br)o3)c(=O)n2[C@@H]1c1ccc(Cl)cc1. The highest BCUT2D eigenvalue weighted by molar-refractivity contribution is 9.11. The fourth-order valence-corrected chi connectivity index (χ4v) is 6.70. The van der Waals surface area contributed by atoms with Crippen LogP contribution >= 0.6 is 54.8 Å². The monoisotopic (exact) mass is 722 g/mol.